The molecule has 0 aliphatic heterocycles. The highest BCUT2D eigenvalue weighted by molar-refractivity contribution is 5.24. The van der Waals surface area contributed by atoms with Crippen LogP contribution in [0, 0.1) is 13.8 Å². The van der Waals surface area contributed by atoms with E-state index in [0.717, 1.165) is 36.2 Å². The quantitative estimate of drug-likeness (QED) is 0.797. The lowest BCUT2D eigenvalue weighted by Gasteiger charge is -2.28. The van der Waals surface area contributed by atoms with E-state index in [1.54, 1.807) is 0 Å². The molecule has 0 aromatic carbocycles. The Morgan fingerprint density at radius 2 is 2.06 bits per heavy atom. The fourth-order valence-electron chi connectivity index (χ4n) is 2.69. The highest BCUT2D eigenvalue weighted by atomic mass is 16.3. The summed E-state index contributed by atoms with van der Waals surface area (Å²) in [7, 11) is 0. The van der Waals surface area contributed by atoms with Gasteiger partial charge in [0.05, 0.1) is 17.8 Å². The van der Waals surface area contributed by atoms with Crippen LogP contribution in [0.1, 0.15) is 48.7 Å². The van der Waals surface area contributed by atoms with Crippen molar-refractivity contribution in [1.29, 1.82) is 0 Å². The van der Waals surface area contributed by atoms with Crippen molar-refractivity contribution in [3.8, 4) is 0 Å². The third kappa shape index (κ3) is 1.87. The van der Waals surface area contributed by atoms with E-state index in [4.69, 9.17) is 5.73 Å². The SMILES string of the molecule is Cc1nn(C2CCCCC2O)c(C)c1CN. The van der Waals surface area contributed by atoms with E-state index in [9.17, 15) is 5.11 Å². The number of hydrogen-bond donors (Lipinski definition) is 2. The smallest absolute Gasteiger partial charge is 0.0781 e. The summed E-state index contributed by atoms with van der Waals surface area (Å²) in [5, 5.41) is 14.6. The van der Waals surface area contributed by atoms with Gasteiger partial charge in [-0.15, -0.1) is 0 Å². The molecule has 16 heavy (non-hydrogen) atoms. The largest absolute Gasteiger partial charge is 0.391 e. The highest BCUT2D eigenvalue weighted by Gasteiger charge is 2.27. The molecule has 2 unspecified atom stereocenters. The molecule has 4 heteroatoms. The first-order chi connectivity index (χ1) is 7.65. The Kier molecular flexibility index (Phi) is 3.30. The van der Waals surface area contributed by atoms with Gasteiger partial charge in [0, 0.05) is 17.8 Å². The molecule has 0 spiro atoms. The lowest BCUT2D eigenvalue weighted by Crippen LogP contribution is -2.29. The fraction of sp³-hybridized carbons (Fsp3) is 0.750. The van der Waals surface area contributed by atoms with Crippen molar-refractivity contribution in [3.05, 3.63) is 17.0 Å². The van der Waals surface area contributed by atoms with E-state index in [1.165, 1.54) is 6.42 Å². The molecule has 0 amide bonds. The second-order valence-corrected chi connectivity index (χ2v) is 4.72. The minimum Gasteiger partial charge on any atom is -0.391 e. The summed E-state index contributed by atoms with van der Waals surface area (Å²) in [5.41, 5.74) is 8.95. The molecule has 1 aliphatic rings. The summed E-state index contributed by atoms with van der Waals surface area (Å²) in [6.07, 6.45) is 3.96. The average molecular weight is 223 g/mol. The highest BCUT2D eigenvalue weighted by Crippen LogP contribution is 2.30. The van der Waals surface area contributed by atoms with Gasteiger partial charge in [-0.1, -0.05) is 12.8 Å². The standard InChI is InChI=1S/C12H21N3O/c1-8-10(7-13)9(2)15(14-8)11-5-3-4-6-12(11)16/h11-12,16H,3-7,13H2,1-2H3. The van der Waals surface area contributed by atoms with Crippen molar-refractivity contribution in [2.75, 3.05) is 0 Å². The molecule has 2 atom stereocenters. The maximum atomic E-state index is 10.0. The molecule has 4 nitrogen and oxygen atoms in total. The molecule has 1 saturated carbocycles. The van der Waals surface area contributed by atoms with Gasteiger partial charge in [0.15, 0.2) is 0 Å². The molecule has 1 aliphatic carbocycles. The van der Waals surface area contributed by atoms with E-state index in [0.29, 0.717) is 6.54 Å². The molecule has 0 radical (unpaired) electrons. The van der Waals surface area contributed by atoms with Gasteiger partial charge in [0.1, 0.15) is 0 Å². The van der Waals surface area contributed by atoms with Gasteiger partial charge in [0.25, 0.3) is 0 Å². The van der Waals surface area contributed by atoms with Crippen LogP contribution in [0.4, 0.5) is 0 Å². The molecule has 1 aromatic rings. The number of aromatic nitrogens is 2. The Morgan fingerprint density at radius 1 is 1.38 bits per heavy atom. The number of nitrogens with two attached hydrogens (primary N) is 1. The molecule has 90 valence electrons. The Balaban J connectivity index is 2.32. The average Bonchev–Trinajstić information content (AvgIpc) is 2.55. The summed E-state index contributed by atoms with van der Waals surface area (Å²) in [6, 6.07) is 0.146. The number of aliphatic hydroxyl groups excluding tert-OH is 1. The van der Waals surface area contributed by atoms with E-state index in [1.807, 2.05) is 18.5 Å². The molecule has 1 aromatic heterocycles. The lowest BCUT2D eigenvalue weighted by atomic mass is 9.92. The number of aliphatic hydroxyl groups is 1. The minimum absolute atomic E-state index is 0.146. The van der Waals surface area contributed by atoms with Gasteiger partial charge >= 0.3 is 0 Å². The molecule has 0 bridgehead atoms. The maximum Gasteiger partial charge on any atom is 0.0781 e. The molecule has 1 heterocycles. The number of rotatable bonds is 2. The summed E-state index contributed by atoms with van der Waals surface area (Å²) >= 11 is 0. The normalized spacial score (nSPS) is 26.0. The fourth-order valence-corrected chi connectivity index (χ4v) is 2.69. The predicted molar refractivity (Wildman–Crippen MR) is 63.1 cm³/mol. The van der Waals surface area contributed by atoms with Crippen molar-refractivity contribution in [2.24, 2.45) is 5.73 Å². The van der Waals surface area contributed by atoms with E-state index < -0.39 is 0 Å². The second-order valence-electron chi connectivity index (χ2n) is 4.72. The maximum absolute atomic E-state index is 10.0. The van der Waals surface area contributed by atoms with Crippen LogP contribution in [-0.4, -0.2) is 21.0 Å². The van der Waals surface area contributed by atoms with Crippen LogP contribution in [0.3, 0.4) is 0 Å². The topological polar surface area (TPSA) is 64.1 Å². The van der Waals surface area contributed by atoms with Gasteiger partial charge in [-0.3, -0.25) is 4.68 Å². The van der Waals surface area contributed by atoms with Gasteiger partial charge in [-0.05, 0) is 26.7 Å². The van der Waals surface area contributed by atoms with Gasteiger partial charge in [-0.2, -0.15) is 5.10 Å². The first-order valence-corrected chi connectivity index (χ1v) is 6.08. The monoisotopic (exact) mass is 223 g/mol. The summed E-state index contributed by atoms with van der Waals surface area (Å²) in [4.78, 5) is 0. The van der Waals surface area contributed by atoms with Gasteiger partial charge in [-0.25, -0.2) is 0 Å². The van der Waals surface area contributed by atoms with Crippen molar-refractivity contribution in [3.63, 3.8) is 0 Å². The zero-order valence-electron chi connectivity index (χ0n) is 10.1. The molecule has 0 saturated heterocycles. The third-order valence-corrected chi connectivity index (χ3v) is 3.69. The van der Waals surface area contributed by atoms with Crippen LogP contribution in [0.2, 0.25) is 0 Å². The number of aryl methyl sites for hydroxylation is 1. The van der Waals surface area contributed by atoms with E-state index in [2.05, 4.69) is 5.10 Å². The number of hydrogen-bond acceptors (Lipinski definition) is 3. The summed E-state index contributed by atoms with van der Waals surface area (Å²) in [6.45, 7) is 4.56. The zero-order valence-corrected chi connectivity index (χ0v) is 10.1. The summed E-state index contributed by atoms with van der Waals surface area (Å²) < 4.78 is 1.99. The zero-order chi connectivity index (χ0) is 11.7. The van der Waals surface area contributed by atoms with Crippen LogP contribution in [0.15, 0.2) is 0 Å². The third-order valence-electron chi connectivity index (χ3n) is 3.69. The Labute approximate surface area is 96.5 Å². The van der Waals surface area contributed by atoms with E-state index in [-0.39, 0.29) is 12.1 Å². The van der Waals surface area contributed by atoms with Gasteiger partial charge < -0.3 is 10.8 Å². The van der Waals surface area contributed by atoms with Crippen LogP contribution >= 0.6 is 0 Å². The van der Waals surface area contributed by atoms with Gasteiger partial charge in [0.2, 0.25) is 0 Å². The Morgan fingerprint density at radius 3 is 2.62 bits per heavy atom. The molecule has 3 N–H and O–H groups in total. The van der Waals surface area contributed by atoms with Crippen molar-refractivity contribution in [2.45, 2.75) is 58.2 Å². The molecular weight excluding hydrogens is 202 g/mol. The Bertz CT molecular complexity index is 373. The van der Waals surface area contributed by atoms with Crippen LogP contribution in [0.5, 0.6) is 0 Å². The molecule has 1 fully saturated rings. The first kappa shape index (κ1) is 11.6. The first-order valence-electron chi connectivity index (χ1n) is 6.08. The lowest BCUT2D eigenvalue weighted by molar-refractivity contribution is 0.0682. The second kappa shape index (κ2) is 4.55. The molecular formula is C12H21N3O. The van der Waals surface area contributed by atoms with E-state index >= 15 is 0 Å². The number of nitrogens with zero attached hydrogens (tertiary/aromatic N) is 2. The van der Waals surface area contributed by atoms with Crippen LogP contribution in [-0.2, 0) is 6.54 Å². The van der Waals surface area contributed by atoms with Crippen LogP contribution in [0.25, 0.3) is 0 Å². The van der Waals surface area contributed by atoms with Crippen molar-refractivity contribution in [1.82, 2.24) is 9.78 Å². The van der Waals surface area contributed by atoms with Crippen molar-refractivity contribution >= 4 is 0 Å². The van der Waals surface area contributed by atoms with Crippen LogP contribution < -0.4 is 5.73 Å². The van der Waals surface area contributed by atoms with Crippen molar-refractivity contribution < 1.29 is 5.11 Å². The molecule has 2 rings (SSSR count). The Hall–Kier alpha value is -0.870. The minimum atomic E-state index is -0.252. The predicted octanol–water partition coefficient (Wildman–Crippen LogP) is 1.43. The summed E-state index contributed by atoms with van der Waals surface area (Å²) in [5.74, 6) is 0.